The Hall–Kier alpha value is -3.02. The summed E-state index contributed by atoms with van der Waals surface area (Å²) in [7, 11) is 0. The van der Waals surface area contributed by atoms with E-state index in [2.05, 4.69) is 38.4 Å². The van der Waals surface area contributed by atoms with Gasteiger partial charge in [-0.15, -0.1) is 0 Å². The summed E-state index contributed by atoms with van der Waals surface area (Å²) in [6.07, 6.45) is 4.94. The van der Waals surface area contributed by atoms with E-state index in [1.165, 1.54) is 6.33 Å². The summed E-state index contributed by atoms with van der Waals surface area (Å²) < 4.78 is 0. The van der Waals surface area contributed by atoms with E-state index < -0.39 is 0 Å². The molecule has 0 aliphatic carbocycles. The topological polar surface area (TPSA) is 71.0 Å². The number of fused-ring (bicyclic) bond motifs is 1. The van der Waals surface area contributed by atoms with Gasteiger partial charge in [-0.2, -0.15) is 0 Å². The maximum atomic E-state index is 12.3. The SMILES string of the molecule is O=C(NC1CCCN(c2ccc3ccccc3n2)C1)c1ccncn1. The van der Waals surface area contributed by atoms with Crippen LogP contribution in [0.15, 0.2) is 55.0 Å². The number of para-hydroxylation sites is 1. The smallest absolute Gasteiger partial charge is 0.270 e. The molecule has 6 heteroatoms. The maximum absolute atomic E-state index is 12.3. The number of hydrogen-bond donors (Lipinski definition) is 1. The van der Waals surface area contributed by atoms with Crippen LogP contribution in [-0.2, 0) is 0 Å². The van der Waals surface area contributed by atoms with Crippen LogP contribution < -0.4 is 10.2 Å². The van der Waals surface area contributed by atoms with E-state index in [1.807, 2.05) is 18.2 Å². The van der Waals surface area contributed by atoms with Gasteiger partial charge < -0.3 is 10.2 Å². The molecule has 1 amide bonds. The molecule has 1 aromatic carbocycles. The van der Waals surface area contributed by atoms with E-state index in [1.54, 1.807) is 12.3 Å². The lowest BCUT2D eigenvalue weighted by atomic mass is 10.1. The summed E-state index contributed by atoms with van der Waals surface area (Å²) >= 11 is 0. The number of piperidine rings is 1. The summed E-state index contributed by atoms with van der Waals surface area (Å²) in [5, 5.41) is 4.21. The van der Waals surface area contributed by atoms with Crippen LogP contribution >= 0.6 is 0 Å². The van der Waals surface area contributed by atoms with Crippen LogP contribution in [-0.4, -0.2) is 40.0 Å². The highest BCUT2D eigenvalue weighted by atomic mass is 16.1. The number of carbonyl (C=O) groups is 1. The van der Waals surface area contributed by atoms with Gasteiger partial charge in [0.15, 0.2) is 0 Å². The molecule has 1 saturated heterocycles. The predicted octanol–water partition coefficient (Wildman–Crippen LogP) is 2.42. The molecule has 3 heterocycles. The van der Waals surface area contributed by atoms with E-state index in [0.717, 1.165) is 42.7 Å². The second-order valence-electron chi connectivity index (χ2n) is 6.22. The van der Waals surface area contributed by atoms with Crippen molar-refractivity contribution in [1.29, 1.82) is 0 Å². The highest BCUT2D eigenvalue weighted by molar-refractivity contribution is 5.92. The largest absolute Gasteiger partial charge is 0.355 e. The van der Waals surface area contributed by atoms with Crippen molar-refractivity contribution in [2.45, 2.75) is 18.9 Å². The molecule has 0 bridgehead atoms. The molecule has 1 aliphatic heterocycles. The summed E-state index contributed by atoms with van der Waals surface area (Å²) in [6.45, 7) is 1.70. The molecule has 1 atom stereocenters. The van der Waals surface area contributed by atoms with Crippen LogP contribution in [0, 0.1) is 0 Å². The van der Waals surface area contributed by atoms with Crippen molar-refractivity contribution in [3.05, 3.63) is 60.7 Å². The average molecular weight is 333 g/mol. The molecule has 1 N–H and O–H groups in total. The standard InChI is InChI=1S/C19H19N5O/c25-19(17-9-10-20-13-21-17)22-15-5-3-11-24(12-15)18-8-7-14-4-1-2-6-16(14)23-18/h1-2,4,6-10,13,15H,3,5,11-12H2,(H,22,25). The minimum Gasteiger partial charge on any atom is -0.355 e. The fourth-order valence-electron chi connectivity index (χ4n) is 3.22. The van der Waals surface area contributed by atoms with Gasteiger partial charge in [-0.1, -0.05) is 18.2 Å². The van der Waals surface area contributed by atoms with Gasteiger partial charge in [-0.05, 0) is 37.1 Å². The number of pyridine rings is 1. The zero-order valence-electron chi connectivity index (χ0n) is 13.8. The van der Waals surface area contributed by atoms with Gasteiger partial charge >= 0.3 is 0 Å². The number of anilines is 1. The van der Waals surface area contributed by atoms with E-state index in [-0.39, 0.29) is 11.9 Å². The number of carbonyl (C=O) groups excluding carboxylic acids is 1. The normalized spacial score (nSPS) is 17.4. The first-order valence-electron chi connectivity index (χ1n) is 8.47. The van der Waals surface area contributed by atoms with Gasteiger partial charge in [0.05, 0.1) is 5.52 Å². The maximum Gasteiger partial charge on any atom is 0.270 e. The molecule has 0 radical (unpaired) electrons. The lowest BCUT2D eigenvalue weighted by molar-refractivity contribution is 0.0928. The molecular weight excluding hydrogens is 314 g/mol. The molecule has 25 heavy (non-hydrogen) atoms. The number of hydrogen-bond acceptors (Lipinski definition) is 5. The third kappa shape index (κ3) is 3.42. The molecule has 0 spiro atoms. The fourth-order valence-corrected chi connectivity index (χ4v) is 3.22. The summed E-state index contributed by atoms with van der Waals surface area (Å²) in [4.78, 5) is 27.1. The summed E-state index contributed by atoms with van der Waals surface area (Å²) in [5.74, 6) is 0.806. The quantitative estimate of drug-likeness (QED) is 0.797. The third-order valence-electron chi connectivity index (χ3n) is 4.48. The number of amides is 1. The van der Waals surface area contributed by atoms with Crippen LogP contribution in [0.3, 0.4) is 0 Å². The van der Waals surface area contributed by atoms with Crippen molar-refractivity contribution in [3.63, 3.8) is 0 Å². The van der Waals surface area contributed by atoms with Crippen molar-refractivity contribution >= 4 is 22.6 Å². The van der Waals surface area contributed by atoms with Crippen LogP contribution in [0.4, 0.5) is 5.82 Å². The number of nitrogens with one attached hydrogen (secondary N) is 1. The molecule has 0 saturated carbocycles. The zero-order valence-corrected chi connectivity index (χ0v) is 13.8. The van der Waals surface area contributed by atoms with Gasteiger partial charge in [0.1, 0.15) is 17.8 Å². The summed E-state index contributed by atoms with van der Waals surface area (Å²) in [5.41, 5.74) is 1.39. The zero-order chi connectivity index (χ0) is 17.1. The van der Waals surface area contributed by atoms with Crippen molar-refractivity contribution in [2.75, 3.05) is 18.0 Å². The molecule has 126 valence electrons. The van der Waals surface area contributed by atoms with Crippen LogP contribution in [0.1, 0.15) is 23.3 Å². The Labute approximate surface area is 145 Å². The first-order chi connectivity index (χ1) is 12.3. The van der Waals surface area contributed by atoms with Crippen molar-refractivity contribution in [1.82, 2.24) is 20.3 Å². The van der Waals surface area contributed by atoms with Crippen LogP contribution in [0.2, 0.25) is 0 Å². The Bertz CT molecular complexity index is 883. The number of aromatic nitrogens is 3. The molecule has 2 aromatic heterocycles. The minimum atomic E-state index is -0.152. The van der Waals surface area contributed by atoms with Gasteiger partial charge in [0.2, 0.25) is 0 Å². The van der Waals surface area contributed by atoms with E-state index >= 15 is 0 Å². The van der Waals surface area contributed by atoms with Crippen molar-refractivity contribution < 1.29 is 4.79 Å². The first-order valence-corrected chi connectivity index (χ1v) is 8.47. The first kappa shape index (κ1) is 15.5. The molecule has 1 fully saturated rings. The van der Waals surface area contributed by atoms with Gasteiger partial charge in [-0.3, -0.25) is 4.79 Å². The highest BCUT2D eigenvalue weighted by Gasteiger charge is 2.23. The highest BCUT2D eigenvalue weighted by Crippen LogP contribution is 2.21. The Kier molecular flexibility index (Phi) is 4.24. The molecule has 1 aliphatic rings. The van der Waals surface area contributed by atoms with Crippen molar-refractivity contribution in [2.24, 2.45) is 0 Å². The second kappa shape index (κ2) is 6.84. The molecule has 4 rings (SSSR count). The molecule has 6 nitrogen and oxygen atoms in total. The van der Waals surface area contributed by atoms with E-state index in [4.69, 9.17) is 4.98 Å². The van der Waals surface area contributed by atoms with Crippen LogP contribution in [0.25, 0.3) is 10.9 Å². The Balaban J connectivity index is 1.47. The minimum absolute atomic E-state index is 0.0875. The molecule has 3 aromatic rings. The number of nitrogens with zero attached hydrogens (tertiary/aromatic N) is 4. The van der Waals surface area contributed by atoms with Crippen molar-refractivity contribution in [3.8, 4) is 0 Å². The second-order valence-corrected chi connectivity index (χ2v) is 6.22. The average Bonchev–Trinajstić information content (AvgIpc) is 2.68. The lowest BCUT2D eigenvalue weighted by Crippen LogP contribution is -2.48. The van der Waals surface area contributed by atoms with Gasteiger partial charge in [0.25, 0.3) is 5.91 Å². The van der Waals surface area contributed by atoms with E-state index in [9.17, 15) is 4.79 Å². The molecule has 1 unspecified atom stereocenters. The Morgan fingerprint density at radius 1 is 1.16 bits per heavy atom. The third-order valence-corrected chi connectivity index (χ3v) is 4.48. The van der Waals surface area contributed by atoms with Gasteiger partial charge in [-0.25, -0.2) is 15.0 Å². The van der Waals surface area contributed by atoms with E-state index in [0.29, 0.717) is 5.69 Å². The van der Waals surface area contributed by atoms with Crippen LogP contribution in [0.5, 0.6) is 0 Å². The number of benzene rings is 1. The fraction of sp³-hybridized carbons (Fsp3) is 0.263. The monoisotopic (exact) mass is 333 g/mol. The lowest BCUT2D eigenvalue weighted by Gasteiger charge is -2.34. The number of rotatable bonds is 3. The Morgan fingerprint density at radius 3 is 2.96 bits per heavy atom. The summed E-state index contributed by atoms with van der Waals surface area (Å²) in [6, 6.07) is 14.0. The van der Waals surface area contributed by atoms with Gasteiger partial charge in [0, 0.05) is 30.7 Å². The molecular formula is C19H19N5O. The predicted molar refractivity (Wildman–Crippen MR) is 96.5 cm³/mol. The Morgan fingerprint density at radius 2 is 2.08 bits per heavy atom.